The lowest BCUT2D eigenvalue weighted by atomic mass is 10.1. The molecule has 1 aromatic rings. The van der Waals surface area contributed by atoms with Crippen LogP contribution in [0.4, 0.5) is 11.4 Å². The summed E-state index contributed by atoms with van der Waals surface area (Å²) < 4.78 is 10.5. The lowest BCUT2D eigenvalue weighted by molar-refractivity contribution is 0.355. The summed E-state index contributed by atoms with van der Waals surface area (Å²) >= 11 is 0. The molecular formula is C15H24N2O2. The Morgan fingerprint density at radius 1 is 1.21 bits per heavy atom. The largest absolute Gasteiger partial charge is 0.493 e. The highest BCUT2D eigenvalue weighted by molar-refractivity contribution is 5.72. The van der Waals surface area contributed by atoms with Crippen LogP contribution in [-0.2, 0) is 0 Å². The Bertz CT molecular complexity index is 434. The molecule has 1 saturated carbocycles. The number of rotatable bonds is 5. The molecule has 1 aromatic carbocycles. The molecule has 0 aromatic heterocycles. The number of hydrogen-bond acceptors (Lipinski definition) is 4. The van der Waals surface area contributed by atoms with Gasteiger partial charge in [-0.3, -0.25) is 0 Å². The van der Waals surface area contributed by atoms with Gasteiger partial charge in [-0.25, -0.2) is 0 Å². The lowest BCUT2D eigenvalue weighted by Gasteiger charge is -2.16. The summed E-state index contributed by atoms with van der Waals surface area (Å²) in [5.41, 5.74) is 7.66. The van der Waals surface area contributed by atoms with Crippen molar-refractivity contribution >= 4 is 11.4 Å². The van der Waals surface area contributed by atoms with E-state index < -0.39 is 0 Å². The first-order chi connectivity index (χ1) is 9.13. The van der Waals surface area contributed by atoms with Crippen LogP contribution in [0.25, 0.3) is 0 Å². The lowest BCUT2D eigenvalue weighted by Crippen LogP contribution is -2.12. The summed E-state index contributed by atoms with van der Waals surface area (Å²) in [6.45, 7) is 3.30. The number of benzene rings is 1. The van der Waals surface area contributed by atoms with E-state index in [1.807, 2.05) is 6.07 Å². The third kappa shape index (κ3) is 3.25. The third-order valence-corrected chi connectivity index (χ3v) is 3.94. The van der Waals surface area contributed by atoms with Crippen molar-refractivity contribution in [2.24, 2.45) is 11.8 Å². The van der Waals surface area contributed by atoms with E-state index in [2.05, 4.69) is 12.2 Å². The van der Waals surface area contributed by atoms with Gasteiger partial charge in [-0.15, -0.1) is 0 Å². The van der Waals surface area contributed by atoms with E-state index in [0.717, 1.165) is 24.1 Å². The molecule has 1 aliphatic carbocycles. The number of methoxy groups -OCH3 is 2. The topological polar surface area (TPSA) is 56.5 Å². The summed E-state index contributed by atoms with van der Waals surface area (Å²) in [5.74, 6) is 2.98. The monoisotopic (exact) mass is 264 g/mol. The second-order valence-electron chi connectivity index (χ2n) is 5.46. The van der Waals surface area contributed by atoms with Crippen LogP contribution < -0.4 is 20.5 Å². The van der Waals surface area contributed by atoms with E-state index in [9.17, 15) is 0 Å². The van der Waals surface area contributed by atoms with Gasteiger partial charge in [0.1, 0.15) is 0 Å². The second-order valence-corrected chi connectivity index (χ2v) is 5.46. The molecule has 2 unspecified atom stereocenters. The Labute approximate surface area is 115 Å². The van der Waals surface area contributed by atoms with Crippen molar-refractivity contribution in [3.8, 4) is 11.5 Å². The van der Waals surface area contributed by atoms with E-state index in [1.54, 1.807) is 20.3 Å². The molecule has 2 rings (SSSR count). The smallest absolute Gasteiger partial charge is 0.162 e. The molecule has 19 heavy (non-hydrogen) atoms. The predicted molar refractivity (Wildman–Crippen MR) is 79.0 cm³/mol. The van der Waals surface area contributed by atoms with Gasteiger partial charge in [-0.1, -0.05) is 13.3 Å². The number of anilines is 2. The van der Waals surface area contributed by atoms with Gasteiger partial charge in [-0.2, -0.15) is 0 Å². The molecule has 0 heterocycles. The quantitative estimate of drug-likeness (QED) is 0.802. The molecule has 0 amide bonds. The normalized spacial score (nSPS) is 22.3. The van der Waals surface area contributed by atoms with Gasteiger partial charge in [0.25, 0.3) is 0 Å². The summed E-state index contributed by atoms with van der Waals surface area (Å²) in [6.07, 6.45) is 3.95. The Hall–Kier alpha value is -1.58. The SMILES string of the molecule is COc1cc(N)c(NCC2CCC(C)C2)cc1OC. The maximum absolute atomic E-state index is 6.03. The van der Waals surface area contributed by atoms with Crippen LogP contribution in [0.3, 0.4) is 0 Å². The molecular weight excluding hydrogens is 240 g/mol. The average Bonchev–Trinajstić information content (AvgIpc) is 2.82. The van der Waals surface area contributed by atoms with Crippen molar-refractivity contribution in [2.75, 3.05) is 31.8 Å². The summed E-state index contributed by atoms with van der Waals surface area (Å²) in [6, 6.07) is 3.71. The summed E-state index contributed by atoms with van der Waals surface area (Å²) in [5, 5.41) is 3.44. The first-order valence-electron chi connectivity index (χ1n) is 6.89. The minimum Gasteiger partial charge on any atom is -0.493 e. The molecule has 106 valence electrons. The Kier molecular flexibility index (Phi) is 4.40. The van der Waals surface area contributed by atoms with E-state index in [1.165, 1.54) is 19.3 Å². The molecule has 0 spiro atoms. The maximum Gasteiger partial charge on any atom is 0.162 e. The average molecular weight is 264 g/mol. The number of nitrogen functional groups attached to an aromatic ring is 1. The fourth-order valence-corrected chi connectivity index (χ4v) is 2.81. The molecule has 1 aliphatic rings. The molecule has 1 fully saturated rings. The molecule has 4 nitrogen and oxygen atoms in total. The molecule has 0 bridgehead atoms. The van der Waals surface area contributed by atoms with Gasteiger partial charge in [0.05, 0.1) is 25.6 Å². The first kappa shape index (κ1) is 13.8. The molecule has 3 N–H and O–H groups in total. The minimum absolute atomic E-state index is 0.667. The summed E-state index contributed by atoms with van der Waals surface area (Å²) in [7, 11) is 3.25. The Balaban J connectivity index is 2.03. The highest BCUT2D eigenvalue weighted by Gasteiger charge is 2.21. The van der Waals surface area contributed by atoms with E-state index >= 15 is 0 Å². The zero-order valence-corrected chi connectivity index (χ0v) is 12.0. The van der Waals surface area contributed by atoms with Crippen molar-refractivity contribution in [3.05, 3.63) is 12.1 Å². The van der Waals surface area contributed by atoms with Crippen LogP contribution >= 0.6 is 0 Å². The van der Waals surface area contributed by atoms with Crippen molar-refractivity contribution in [2.45, 2.75) is 26.2 Å². The molecule has 0 radical (unpaired) electrons. The van der Waals surface area contributed by atoms with Crippen LogP contribution in [0.5, 0.6) is 11.5 Å². The van der Waals surface area contributed by atoms with Gasteiger partial charge < -0.3 is 20.5 Å². The number of nitrogens with two attached hydrogens (primary N) is 1. The highest BCUT2D eigenvalue weighted by Crippen LogP contribution is 2.36. The van der Waals surface area contributed by atoms with Gasteiger partial charge in [0.2, 0.25) is 0 Å². The highest BCUT2D eigenvalue weighted by atomic mass is 16.5. The van der Waals surface area contributed by atoms with Crippen molar-refractivity contribution in [1.82, 2.24) is 0 Å². The van der Waals surface area contributed by atoms with Crippen LogP contribution in [0.1, 0.15) is 26.2 Å². The van der Waals surface area contributed by atoms with Gasteiger partial charge in [0.15, 0.2) is 11.5 Å². The minimum atomic E-state index is 0.667. The van der Waals surface area contributed by atoms with Gasteiger partial charge in [0, 0.05) is 18.7 Å². The number of nitrogens with one attached hydrogen (secondary N) is 1. The Morgan fingerprint density at radius 3 is 2.47 bits per heavy atom. The molecule has 0 saturated heterocycles. The van der Waals surface area contributed by atoms with E-state index in [0.29, 0.717) is 17.2 Å². The van der Waals surface area contributed by atoms with Crippen LogP contribution in [0, 0.1) is 11.8 Å². The zero-order valence-electron chi connectivity index (χ0n) is 12.0. The van der Waals surface area contributed by atoms with E-state index in [-0.39, 0.29) is 0 Å². The molecule has 0 aliphatic heterocycles. The fourth-order valence-electron chi connectivity index (χ4n) is 2.81. The Morgan fingerprint density at radius 2 is 1.89 bits per heavy atom. The van der Waals surface area contributed by atoms with Gasteiger partial charge >= 0.3 is 0 Å². The zero-order chi connectivity index (χ0) is 13.8. The van der Waals surface area contributed by atoms with Crippen LogP contribution in [-0.4, -0.2) is 20.8 Å². The van der Waals surface area contributed by atoms with Crippen LogP contribution in [0.2, 0.25) is 0 Å². The van der Waals surface area contributed by atoms with E-state index in [4.69, 9.17) is 15.2 Å². The molecule has 2 atom stereocenters. The third-order valence-electron chi connectivity index (χ3n) is 3.94. The predicted octanol–water partition coefficient (Wildman–Crippen LogP) is 3.13. The van der Waals surface area contributed by atoms with Crippen molar-refractivity contribution in [3.63, 3.8) is 0 Å². The maximum atomic E-state index is 6.03. The number of ether oxygens (including phenoxy) is 2. The van der Waals surface area contributed by atoms with Crippen LogP contribution in [0.15, 0.2) is 12.1 Å². The van der Waals surface area contributed by atoms with Gasteiger partial charge in [-0.05, 0) is 24.7 Å². The fraction of sp³-hybridized carbons (Fsp3) is 0.600. The summed E-state index contributed by atoms with van der Waals surface area (Å²) in [4.78, 5) is 0. The van der Waals surface area contributed by atoms with Crippen molar-refractivity contribution in [1.29, 1.82) is 0 Å². The standard InChI is InChI=1S/C15H24N2O2/c1-10-4-5-11(6-10)9-17-13-8-15(19-3)14(18-2)7-12(13)16/h7-8,10-11,17H,4-6,9,16H2,1-3H3. The number of hydrogen-bond donors (Lipinski definition) is 2. The second kappa shape index (κ2) is 6.04. The first-order valence-corrected chi connectivity index (χ1v) is 6.89. The molecule has 4 heteroatoms. The van der Waals surface area contributed by atoms with Crippen molar-refractivity contribution < 1.29 is 9.47 Å².